The third-order valence-corrected chi connectivity index (χ3v) is 5.91. The lowest BCUT2D eigenvalue weighted by atomic mass is 10.1. The predicted molar refractivity (Wildman–Crippen MR) is 119 cm³/mol. The van der Waals surface area contributed by atoms with Gasteiger partial charge in [-0.3, -0.25) is 14.4 Å². The second-order valence-corrected chi connectivity index (χ2v) is 7.95. The van der Waals surface area contributed by atoms with Gasteiger partial charge in [0.05, 0.1) is 17.9 Å². The zero-order valence-electron chi connectivity index (χ0n) is 18.1. The molecule has 32 heavy (non-hydrogen) atoms. The van der Waals surface area contributed by atoms with E-state index in [1.165, 1.54) is 13.0 Å². The number of carbonyl (C=O) groups is 3. The van der Waals surface area contributed by atoms with Gasteiger partial charge in [-0.1, -0.05) is 12.1 Å². The van der Waals surface area contributed by atoms with Gasteiger partial charge in [0.1, 0.15) is 18.2 Å². The van der Waals surface area contributed by atoms with Crippen molar-refractivity contribution < 1.29 is 23.5 Å². The third kappa shape index (κ3) is 4.59. The van der Waals surface area contributed by atoms with E-state index in [9.17, 15) is 18.8 Å². The van der Waals surface area contributed by atoms with Crippen LogP contribution in [0.3, 0.4) is 0 Å². The summed E-state index contributed by atoms with van der Waals surface area (Å²) in [6, 6.07) is 11.9. The third-order valence-electron chi connectivity index (χ3n) is 5.91. The SMILES string of the molecule is CC(=O)c1ccc(N2CCN(C(=O)CCC(=O)N3CCOc4ccccc43)CC2)c(F)c1. The summed E-state index contributed by atoms with van der Waals surface area (Å²) in [5.74, 6) is -0.111. The van der Waals surface area contributed by atoms with E-state index in [0.29, 0.717) is 56.3 Å². The molecule has 0 saturated carbocycles. The summed E-state index contributed by atoms with van der Waals surface area (Å²) < 4.78 is 20.0. The summed E-state index contributed by atoms with van der Waals surface area (Å²) in [5, 5.41) is 0. The van der Waals surface area contributed by atoms with E-state index in [1.54, 1.807) is 21.9 Å². The molecule has 2 aromatic carbocycles. The van der Waals surface area contributed by atoms with Crippen molar-refractivity contribution >= 4 is 29.0 Å². The van der Waals surface area contributed by atoms with E-state index in [1.807, 2.05) is 29.2 Å². The molecule has 4 rings (SSSR count). The van der Waals surface area contributed by atoms with Crippen molar-refractivity contribution in [3.05, 3.63) is 53.8 Å². The number of carbonyl (C=O) groups excluding carboxylic acids is 3. The van der Waals surface area contributed by atoms with E-state index >= 15 is 0 Å². The molecular weight excluding hydrogens is 413 g/mol. The number of ketones is 1. The molecule has 0 aromatic heterocycles. The molecule has 0 bridgehead atoms. The molecule has 0 spiro atoms. The van der Waals surface area contributed by atoms with Crippen molar-refractivity contribution in [1.29, 1.82) is 0 Å². The molecule has 0 atom stereocenters. The molecular formula is C24H26FN3O4. The van der Waals surface area contributed by atoms with Crippen LogP contribution in [0.4, 0.5) is 15.8 Å². The van der Waals surface area contributed by atoms with Crippen LogP contribution in [0.2, 0.25) is 0 Å². The Morgan fingerprint density at radius 2 is 1.62 bits per heavy atom. The average molecular weight is 439 g/mol. The van der Waals surface area contributed by atoms with Gasteiger partial charge in [-0.15, -0.1) is 0 Å². The molecule has 2 aliphatic heterocycles. The summed E-state index contributed by atoms with van der Waals surface area (Å²) in [6.07, 6.45) is 0.272. The number of ether oxygens (including phenoxy) is 1. The Morgan fingerprint density at radius 1 is 0.906 bits per heavy atom. The van der Waals surface area contributed by atoms with Crippen molar-refractivity contribution in [2.75, 3.05) is 49.1 Å². The number of rotatable bonds is 5. The number of anilines is 2. The minimum absolute atomic E-state index is 0.0769. The van der Waals surface area contributed by atoms with Gasteiger partial charge in [0.25, 0.3) is 0 Å². The van der Waals surface area contributed by atoms with Crippen molar-refractivity contribution in [1.82, 2.24) is 4.90 Å². The number of hydrogen-bond donors (Lipinski definition) is 0. The number of nitrogens with zero attached hydrogens (tertiary/aromatic N) is 3. The number of fused-ring (bicyclic) bond motifs is 1. The van der Waals surface area contributed by atoms with Crippen LogP contribution < -0.4 is 14.5 Å². The van der Waals surface area contributed by atoms with Crippen LogP contribution in [0.25, 0.3) is 0 Å². The van der Waals surface area contributed by atoms with Gasteiger partial charge >= 0.3 is 0 Å². The van der Waals surface area contributed by atoms with Gasteiger partial charge in [0.15, 0.2) is 5.78 Å². The second kappa shape index (κ2) is 9.38. The van der Waals surface area contributed by atoms with Crippen molar-refractivity contribution in [2.45, 2.75) is 19.8 Å². The number of benzene rings is 2. The highest BCUT2D eigenvalue weighted by Crippen LogP contribution is 2.31. The number of para-hydroxylation sites is 2. The largest absolute Gasteiger partial charge is 0.490 e. The smallest absolute Gasteiger partial charge is 0.227 e. The Morgan fingerprint density at radius 3 is 2.34 bits per heavy atom. The lowest BCUT2D eigenvalue weighted by molar-refractivity contribution is -0.133. The van der Waals surface area contributed by atoms with Gasteiger partial charge in [-0.2, -0.15) is 0 Å². The first-order chi connectivity index (χ1) is 15.4. The number of Topliss-reactive ketones (excluding diaryl/α,β-unsaturated/α-hetero) is 1. The minimum Gasteiger partial charge on any atom is -0.490 e. The van der Waals surface area contributed by atoms with E-state index in [4.69, 9.17) is 4.74 Å². The van der Waals surface area contributed by atoms with E-state index < -0.39 is 5.82 Å². The molecule has 0 unspecified atom stereocenters. The molecule has 0 aliphatic carbocycles. The van der Waals surface area contributed by atoms with Crippen LogP contribution in [0.1, 0.15) is 30.1 Å². The molecule has 2 aliphatic rings. The fourth-order valence-electron chi connectivity index (χ4n) is 4.11. The van der Waals surface area contributed by atoms with Crippen molar-refractivity contribution in [3.8, 4) is 5.75 Å². The maximum absolute atomic E-state index is 14.4. The molecule has 168 valence electrons. The normalized spacial score (nSPS) is 15.8. The maximum Gasteiger partial charge on any atom is 0.227 e. The summed E-state index contributed by atoms with van der Waals surface area (Å²) in [6.45, 7) is 4.21. The fraction of sp³-hybridized carbons (Fsp3) is 0.375. The molecule has 2 amide bonds. The van der Waals surface area contributed by atoms with Gasteiger partial charge in [0.2, 0.25) is 11.8 Å². The first kappa shape index (κ1) is 21.8. The van der Waals surface area contributed by atoms with Crippen LogP contribution in [0, 0.1) is 5.82 Å². The monoisotopic (exact) mass is 439 g/mol. The first-order valence-electron chi connectivity index (χ1n) is 10.8. The Bertz CT molecular complexity index is 1030. The van der Waals surface area contributed by atoms with E-state index in [0.717, 1.165) is 5.69 Å². The second-order valence-electron chi connectivity index (χ2n) is 7.95. The predicted octanol–water partition coefficient (Wildman–Crippen LogP) is 2.88. The molecule has 2 aromatic rings. The van der Waals surface area contributed by atoms with Crippen molar-refractivity contribution in [3.63, 3.8) is 0 Å². The zero-order valence-corrected chi connectivity index (χ0v) is 18.1. The zero-order chi connectivity index (χ0) is 22.7. The number of piperazine rings is 1. The Hall–Kier alpha value is -3.42. The lowest BCUT2D eigenvalue weighted by Crippen LogP contribution is -2.49. The molecule has 7 nitrogen and oxygen atoms in total. The molecule has 1 fully saturated rings. The summed E-state index contributed by atoms with van der Waals surface area (Å²) in [5.41, 5.74) is 1.51. The van der Waals surface area contributed by atoms with Crippen LogP contribution in [-0.4, -0.2) is 61.8 Å². The molecule has 0 N–H and O–H groups in total. The highest BCUT2D eigenvalue weighted by molar-refractivity contribution is 5.97. The standard InChI is InChI=1S/C24H26FN3O4/c1-17(29)18-6-7-20(19(25)16-18)26-10-12-27(13-11-26)23(30)8-9-24(31)28-14-15-32-22-5-3-2-4-21(22)28/h2-7,16H,8-15H2,1H3. The van der Waals surface area contributed by atoms with Crippen LogP contribution in [0.5, 0.6) is 5.75 Å². The number of hydrogen-bond acceptors (Lipinski definition) is 5. The van der Waals surface area contributed by atoms with Crippen molar-refractivity contribution in [2.24, 2.45) is 0 Å². The summed E-state index contributed by atoms with van der Waals surface area (Å²) in [7, 11) is 0. The quantitative estimate of drug-likeness (QED) is 0.670. The number of halogens is 1. The van der Waals surface area contributed by atoms with Gasteiger partial charge in [-0.05, 0) is 37.3 Å². The van der Waals surface area contributed by atoms with E-state index in [2.05, 4.69) is 0 Å². The Balaban J connectivity index is 1.29. The maximum atomic E-state index is 14.4. The highest BCUT2D eigenvalue weighted by Gasteiger charge is 2.26. The molecule has 1 saturated heterocycles. The van der Waals surface area contributed by atoms with Gasteiger partial charge < -0.3 is 19.4 Å². The van der Waals surface area contributed by atoms with E-state index in [-0.39, 0.29) is 30.4 Å². The summed E-state index contributed by atoms with van der Waals surface area (Å²) >= 11 is 0. The molecule has 0 radical (unpaired) electrons. The summed E-state index contributed by atoms with van der Waals surface area (Å²) in [4.78, 5) is 42.1. The first-order valence-corrected chi connectivity index (χ1v) is 10.8. The topological polar surface area (TPSA) is 70.2 Å². The van der Waals surface area contributed by atoms with Crippen LogP contribution >= 0.6 is 0 Å². The molecule has 2 heterocycles. The highest BCUT2D eigenvalue weighted by atomic mass is 19.1. The lowest BCUT2D eigenvalue weighted by Gasteiger charge is -2.36. The van der Waals surface area contributed by atoms with Gasteiger partial charge in [0, 0.05) is 44.6 Å². The van der Waals surface area contributed by atoms with Crippen LogP contribution in [0.15, 0.2) is 42.5 Å². The number of amides is 2. The average Bonchev–Trinajstić information content (AvgIpc) is 2.82. The minimum atomic E-state index is -0.436. The Kier molecular flexibility index (Phi) is 6.39. The molecule has 8 heteroatoms. The van der Waals surface area contributed by atoms with Crippen LogP contribution in [-0.2, 0) is 9.59 Å². The Labute approximate surface area is 186 Å². The fourth-order valence-corrected chi connectivity index (χ4v) is 4.11. The van der Waals surface area contributed by atoms with Gasteiger partial charge in [-0.25, -0.2) is 4.39 Å².